The number of piperidine rings is 1. The van der Waals surface area contributed by atoms with Crippen LogP contribution in [0.15, 0.2) is 60.4 Å². The van der Waals surface area contributed by atoms with Gasteiger partial charge in [0.1, 0.15) is 18.1 Å². The Hall–Kier alpha value is -2.83. The number of hydrogen-bond acceptors (Lipinski definition) is 5. The fraction of sp³-hybridized carbons (Fsp3) is 0.529. The Morgan fingerprint density at radius 3 is 2.65 bits per heavy atom. The third kappa shape index (κ3) is 6.90. The van der Waals surface area contributed by atoms with Crippen molar-refractivity contribution in [2.24, 2.45) is 11.8 Å². The number of halogens is 1. The van der Waals surface area contributed by atoms with Gasteiger partial charge in [-0.15, -0.1) is 0 Å². The molecule has 2 aromatic carbocycles. The van der Waals surface area contributed by atoms with Crippen LogP contribution < -0.4 is 4.74 Å². The number of fused-ring (bicyclic) bond motifs is 1. The molecule has 1 heterocycles. The van der Waals surface area contributed by atoms with Crippen molar-refractivity contribution in [2.45, 2.75) is 71.0 Å². The summed E-state index contributed by atoms with van der Waals surface area (Å²) in [5, 5.41) is 9.93. The number of hydrogen-bond donors (Lipinski definition) is 1. The van der Waals surface area contributed by atoms with Crippen LogP contribution in [0.4, 0.5) is 4.39 Å². The Bertz CT molecular complexity index is 1200. The van der Waals surface area contributed by atoms with Gasteiger partial charge in [-0.2, -0.15) is 0 Å². The lowest BCUT2D eigenvalue weighted by Crippen LogP contribution is -2.46. The van der Waals surface area contributed by atoms with Crippen molar-refractivity contribution in [1.29, 1.82) is 0 Å². The fourth-order valence-corrected chi connectivity index (χ4v) is 6.71. The van der Waals surface area contributed by atoms with Gasteiger partial charge in [-0.25, -0.2) is 4.39 Å². The molecule has 1 fully saturated rings. The molecule has 0 amide bonds. The van der Waals surface area contributed by atoms with Crippen molar-refractivity contribution >= 4 is 0 Å². The third-order valence-electron chi connectivity index (χ3n) is 8.97. The SMILES string of the molecule is COC1=CC(N(Cc2ccc(OCCN3CCCCC3)c(F)c2)C(C)C)C([C@@H]2CCc3cc(O)ccc3C2)C=C1. The molecular weight excluding hydrogens is 503 g/mol. The average Bonchev–Trinajstić information content (AvgIpc) is 2.97. The van der Waals surface area contributed by atoms with Gasteiger partial charge in [-0.1, -0.05) is 24.6 Å². The number of ether oxygens (including phenoxy) is 2. The summed E-state index contributed by atoms with van der Waals surface area (Å²) < 4.78 is 26.7. The normalized spacial score (nSPS) is 23.2. The Labute approximate surface area is 239 Å². The molecule has 3 aliphatic rings. The summed E-state index contributed by atoms with van der Waals surface area (Å²) in [7, 11) is 1.72. The Balaban J connectivity index is 1.29. The van der Waals surface area contributed by atoms with Crippen molar-refractivity contribution in [3.05, 3.63) is 82.9 Å². The number of rotatable bonds is 10. The van der Waals surface area contributed by atoms with Gasteiger partial charge < -0.3 is 14.6 Å². The predicted octanol–water partition coefficient (Wildman–Crippen LogP) is 6.50. The fourth-order valence-electron chi connectivity index (χ4n) is 6.71. The van der Waals surface area contributed by atoms with Crippen molar-refractivity contribution in [2.75, 3.05) is 33.4 Å². The first kappa shape index (κ1) is 28.7. The summed E-state index contributed by atoms with van der Waals surface area (Å²) in [6.07, 6.45) is 13.5. The highest BCUT2D eigenvalue weighted by molar-refractivity contribution is 5.37. The van der Waals surface area contributed by atoms with E-state index >= 15 is 4.39 Å². The number of allylic oxidation sites excluding steroid dienone is 1. The highest BCUT2D eigenvalue weighted by Crippen LogP contribution is 2.38. The minimum absolute atomic E-state index is 0.132. The molecule has 40 heavy (non-hydrogen) atoms. The first-order valence-corrected chi connectivity index (χ1v) is 15.1. The van der Waals surface area contributed by atoms with Gasteiger partial charge in [0.2, 0.25) is 0 Å². The molecule has 2 aliphatic carbocycles. The molecule has 2 unspecified atom stereocenters. The van der Waals surface area contributed by atoms with Crippen LogP contribution in [0.1, 0.15) is 56.2 Å². The maximum atomic E-state index is 15.1. The lowest BCUT2D eigenvalue weighted by atomic mass is 9.72. The number of benzene rings is 2. The quantitative estimate of drug-likeness (QED) is 0.367. The van der Waals surface area contributed by atoms with Gasteiger partial charge in [0.25, 0.3) is 0 Å². The predicted molar refractivity (Wildman–Crippen MR) is 158 cm³/mol. The van der Waals surface area contributed by atoms with Gasteiger partial charge in [-0.05, 0) is 124 Å². The third-order valence-corrected chi connectivity index (χ3v) is 8.97. The lowest BCUT2D eigenvalue weighted by Gasteiger charge is -2.43. The van der Waals surface area contributed by atoms with E-state index < -0.39 is 0 Å². The Kier molecular flexibility index (Phi) is 9.48. The average molecular weight is 549 g/mol. The van der Waals surface area contributed by atoms with Crippen LogP contribution in [0.2, 0.25) is 0 Å². The zero-order valence-electron chi connectivity index (χ0n) is 24.3. The van der Waals surface area contributed by atoms with Gasteiger partial charge in [0, 0.05) is 25.2 Å². The Morgan fingerprint density at radius 1 is 1.07 bits per heavy atom. The van der Waals surface area contributed by atoms with Gasteiger partial charge in [0.05, 0.1) is 7.11 Å². The number of aryl methyl sites for hydroxylation is 1. The molecule has 3 atom stereocenters. The van der Waals surface area contributed by atoms with Gasteiger partial charge >= 0.3 is 0 Å². The highest BCUT2D eigenvalue weighted by Gasteiger charge is 2.36. The largest absolute Gasteiger partial charge is 0.508 e. The summed E-state index contributed by atoms with van der Waals surface area (Å²) in [4.78, 5) is 4.87. The second kappa shape index (κ2) is 13.2. The van der Waals surface area contributed by atoms with E-state index in [9.17, 15) is 5.11 Å². The number of phenolic OH excluding ortho intramolecular Hbond substituents is 1. The molecule has 5 nitrogen and oxygen atoms in total. The number of methoxy groups -OCH3 is 1. The second-order valence-electron chi connectivity index (χ2n) is 11.9. The monoisotopic (exact) mass is 548 g/mol. The van der Waals surface area contributed by atoms with E-state index in [1.165, 1.54) is 30.4 Å². The topological polar surface area (TPSA) is 45.2 Å². The van der Waals surface area contributed by atoms with E-state index in [1.54, 1.807) is 25.3 Å². The minimum Gasteiger partial charge on any atom is -0.508 e. The maximum absolute atomic E-state index is 15.1. The summed E-state index contributed by atoms with van der Waals surface area (Å²) in [6, 6.07) is 11.6. The molecule has 1 N–H and O–H groups in total. The molecule has 216 valence electrons. The summed E-state index contributed by atoms with van der Waals surface area (Å²) in [5.41, 5.74) is 3.53. The highest BCUT2D eigenvalue weighted by atomic mass is 19.1. The molecule has 2 aromatic rings. The Morgan fingerprint density at radius 2 is 1.90 bits per heavy atom. The van der Waals surface area contributed by atoms with Crippen molar-refractivity contribution in [3.63, 3.8) is 0 Å². The standard InChI is InChI=1S/C34H45FN2O3/c1-24(2)37(23-25-7-14-34(32(35)19-25)40-18-17-36-15-5-4-6-16-36)33-22-30(39-3)12-13-31(33)28-9-8-27-21-29(38)11-10-26(27)20-28/h7,10-14,19,21-22,24,28,31,33,38H,4-6,8-9,15-18,20,23H2,1-3H3/t28-,31?,33?/m1/s1. The van der Waals surface area contributed by atoms with E-state index in [4.69, 9.17) is 9.47 Å². The van der Waals surface area contributed by atoms with Crippen LogP contribution in [0.3, 0.4) is 0 Å². The molecule has 0 spiro atoms. The van der Waals surface area contributed by atoms with Crippen LogP contribution in [-0.2, 0) is 24.1 Å². The van der Waals surface area contributed by atoms with E-state index in [0.717, 1.165) is 50.2 Å². The summed E-state index contributed by atoms with van der Waals surface area (Å²) in [6.45, 7) is 8.65. The van der Waals surface area contributed by atoms with Crippen LogP contribution in [0.5, 0.6) is 11.5 Å². The minimum atomic E-state index is -0.291. The molecule has 6 heteroatoms. The lowest BCUT2D eigenvalue weighted by molar-refractivity contribution is 0.110. The molecule has 0 bridgehead atoms. The van der Waals surface area contributed by atoms with Gasteiger partial charge in [-0.3, -0.25) is 9.80 Å². The molecule has 0 saturated carbocycles. The smallest absolute Gasteiger partial charge is 0.165 e. The number of likely N-dealkylation sites (tertiary alicyclic amines) is 1. The first-order valence-electron chi connectivity index (χ1n) is 15.1. The number of aromatic hydroxyl groups is 1. The van der Waals surface area contributed by atoms with Crippen LogP contribution >= 0.6 is 0 Å². The number of nitrogens with zero attached hydrogens (tertiary/aromatic N) is 2. The molecular formula is C34H45FN2O3. The number of phenols is 1. The first-order chi connectivity index (χ1) is 19.4. The zero-order valence-corrected chi connectivity index (χ0v) is 24.3. The maximum Gasteiger partial charge on any atom is 0.165 e. The van der Waals surface area contributed by atoms with Gasteiger partial charge in [0.15, 0.2) is 11.6 Å². The van der Waals surface area contributed by atoms with Crippen LogP contribution in [0.25, 0.3) is 0 Å². The van der Waals surface area contributed by atoms with Crippen LogP contribution in [-0.4, -0.2) is 60.3 Å². The van der Waals surface area contributed by atoms with E-state index in [2.05, 4.69) is 47.9 Å². The van der Waals surface area contributed by atoms with E-state index in [-0.39, 0.29) is 17.9 Å². The molecule has 0 aromatic heterocycles. The summed E-state index contributed by atoms with van der Waals surface area (Å²) >= 11 is 0. The van der Waals surface area contributed by atoms with Crippen LogP contribution in [0, 0.1) is 17.7 Å². The molecule has 0 radical (unpaired) electrons. The molecule has 1 aliphatic heterocycles. The summed E-state index contributed by atoms with van der Waals surface area (Å²) in [5.74, 6) is 2.05. The zero-order chi connectivity index (χ0) is 28.1. The molecule has 1 saturated heterocycles. The van der Waals surface area contributed by atoms with Crippen molar-refractivity contribution in [1.82, 2.24) is 9.80 Å². The second-order valence-corrected chi connectivity index (χ2v) is 11.9. The molecule has 5 rings (SSSR count). The van der Waals surface area contributed by atoms with Crippen molar-refractivity contribution < 1.29 is 19.0 Å². The van der Waals surface area contributed by atoms with E-state index in [1.807, 2.05) is 12.1 Å². The van der Waals surface area contributed by atoms with E-state index in [0.29, 0.717) is 36.5 Å². The van der Waals surface area contributed by atoms with Crippen molar-refractivity contribution in [3.8, 4) is 11.5 Å².